The van der Waals surface area contributed by atoms with Gasteiger partial charge in [0.2, 0.25) is 10.0 Å². The van der Waals surface area contributed by atoms with Gasteiger partial charge in [-0.15, -0.1) is 0 Å². The lowest BCUT2D eigenvalue weighted by atomic mass is 10.2. The molecule has 13 heavy (non-hydrogen) atoms. The van der Waals surface area contributed by atoms with Crippen LogP contribution in [-0.4, -0.2) is 25.2 Å². The van der Waals surface area contributed by atoms with Crippen LogP contribution >= 0.6 is 12.2 Å². The van der Waals surface area contributed by atoms with Crippen LogP contribution in [0.3, 0.4) is 0 Å². The molecule has 0 rings (SSSR count). The number of hydrogen-bond acceptors (Lipinski definition) is 3. The second-order valence-electron chi connectivity index (χ2n) is 2.80. The normalized spacial score (nSPS) is 14.0. The molecule has 0 aliphatic heterocycles. The van der Waals surface area contributed by atoms with Gasteiger partial charge in [-0.1, -0.05) is 26.1 Å². The Hall–Kier alpha value is -0.200. The number of nitrogens with one attached hydrogen (secondary N) is 1. The van der Waals surface area contributed by atoms with Crippen LogP contribution in [0.4, 0.5) is 0 Å². The smallest absolute Gasteiger partial charge is 0.212 e. The highest BCUT2D eigenvalue weighted by molar-refractivity contribution is 7.89. The van der Waals surface area contributed by atoms with E-state index >= 15 is 0 Å². The van der Waals surface area contributed by atoms with E-state index in [9.17, 15) is 8.42 Å². The van der Waals surface area contributed by atoms with Gasteiger partial charge in [-0.2, -0.15) is 0 Å². The number of nitrogens with two attached hydrogens (primary N) is 1. The molecule has 0 saturated heterocycles. The quantitative estimate of drug-likeness (QED) is 0.640. The Morgan fingerprint density at radius 3 is 2.38 bits per heavy atom. The van der Waals surface area contributed by atoms with Gasteiger partial charge in [-0.3, -0.25) is 0 Å². The Kier molecular flexibility index (Phi) is 5.43. The molecule has 0 aromatic heterocycles. The minimum atomic E-state index is -3.21. The van der Waals surface area contributed by atoms with Crippen molar-refractivity contribution in [2.45, 2.75) is 32.7 Å². The molecule has 1 atom stereocenters. The summed E-state index contributed by atoms with van der Waals surface area (Å²) in [4.78, 5) is 0.196. The van der Waals surface area contributed by atoms with Crippen LogP contribution in [-0.2, 0) is 10.0 Å². The van der Waals surface area contributed by atoms with Crippen molar-refractivity contribution >= 4 is 27.2 Å². The highest BCUT2D eigenvalue weighted by Gasteiger charge is 2.17. The van der Waals surface area contributed by atoms with E-state index in [4.69, 9.17) is 18.0 Å². The highest BCUT2D eigenvalue weighted by atomic mass is 32.2. The lowest BCUT2D eigenvalue weighted by molar-refractivity contribution is 0.571. The molecule has 78 valence electrons. The average molecular weight is 224 g/mol. The summed E-state index contributed by atoms with van der Waals surface area (Å²) in [6.45, 7) is 3.64. The largest absolute Gasteiger partial charge is 0.392 e. The maximum Gasteiger partial charge on any atom is 0.212 e. The number of rotatable bonds is 6. The standard InChI is InChI=1S/C7H16N2O2S2/c1-3-5-13(10,11)9-6(4-2)7(8)12/h6,9H,3-5H2,1-2H3,(H2,8,12). The SMILES string of the molecule is CCCS(=O)(=O)NC(CC)C(N)=S. The summed E-state index contributed by atoms with van der Waals surface area (Å²) in [6.07, 6.45) is 1.17. The summed E-state index contributed by atoms with van der Waals surface area (Å²) in [6, 6.07) is -0.411. The molecule has 0 amide bonds. The van der Waals surface area contributed by atoms with Crippen LogP contribution in [0.1, 0.15) is 26.7 Å². The fourth-order valence-electron chi connectivity index (χ4n) is 0.887. The average Bonchev–Trinajstić information content (AvgIpc) is 1.99. The molecule has 1 unspecified atom stereocenters. The van der Waals surface area contributed by atoms with Crippen molar-refractivity contribution in [3.8, 4) is 0 Å². The second kappa shape index (κ2) is 5.51. The van der Waals surface area contributed by atoms with Crippen molar-refractivity contribution in [2.24, 2.45) is 5.73 Å². The molecule has 0 saturated carbocycles. The molecular formula is C7H16N2O2S2. The molecule has 3 N–H and O–H groups in total. The summed E-state index contributed by atoms with van der Waals surface area (Å²) in [7, 11) is -3.21. The molecule has 0 aliphatic carbocycles. The molecule has 6 heteroatoms. The van der Waals surface area contributed by atoms with Crippen LogP contribution < -0.4 is 10.5 Å². The van der Waals surface area contributed by atoms with Gasteiger partial charge in [0.1, 0.15) is 0 Å². The summed E-state index contributed by atoms with van der Waals surface area (Å²) in [5, 5.41) is 0. The minimum Gasteiger partial charge on any atom is -0.392 e. The fraction of sp³-hybridized carbons (Fsp3) is 0.857. The number of sulfonamides is 1. The summed E-state index contributed by atoms with van der Waals surface area (Å²) >= 11 is 4.72. The fourth-order valence-corrected chi connectivity index (χ4v) is 2.57. The van der Waals surface area contributed by atoms with Gasteiger partial charge >= 0.3 is 0 Å². The molecule has 0 spiro atoms. The maximum atomic E-state index is 11.3. The first-order chi connectivity index (χ1) is 5.93. The minimum absolute atomic E-state index is 0.117. The number of hydrogen-bond donors (Lipinski definition) is 2. The molecular weight excluding hydrogens is 208 g/mol. The molecule has 0 aliphatic rings. The summed E-state index contributed by atoms with van der Waals surface area (Å²) in [5.41, 5.74) is 5.36. The Balaban J connectivity index is 4.31. The van der Waals surface area contributed by atoms with E-state index in [1.807, 2.05) is 6.92 Å². The Bertz CT molecular complexity index is 262. The van der Waals surface area contributed by atoms with Crippen molar-refractivity contribution in [2.75, 3.05) is 5.75 Å². The number of thiocarbonyl (C=S) groups is 1. The van der Waals surface area contributed by atoms with Crippen LogP contribution in [0.5, 0.6) is 0 Å². The van der Waals surface area contributed by atoms with Crippen molar-refractivity contribution < 1.29 is 8.42 Å². The second-order valence-corrected chi connectivity index (χ2v) is 5.14. The Labute approximate surface area is 84.9 Å². The van der Waals surface area contributed by atoms with Crippen molar-refractivity contribution in [3.05, 3.63) is 0 Å². The zero-order valence-electron chi connectivity index (χ0n) is 7.91. The predicted octanol–water partition coefficient (Wildman–Crippen LogP) is 0.380. The van der Waals surface area contributed by atoms with Gasteiger partial charge < -0.3 is 5.73 Å². The van der Waals surface area contributed by atoms with Crippen LogP contribution in [0.15, 0.2) is 0 Å². The van der Waals surface area contributed by atoms with Crippen LogP contribution in [0.2, 0.25) is 0 Å². The van der Waals surface area contributed by atoms with Crippen molar-refractivity contribution in [1.82, 2.24) is 4.72 Å². The Morgan fingerprint density at radius 1 is 1.54 bits per heavy atom. The van der Waals surface area contributed by atoms with Gasteiger partial charge in [0.15, 0.2) is 0 Å². The van der Waals surface area contributed by atoms with Gasteiger partial charge in [0.25, 0.3) is 0 Å². The third-order valence-electron chi connectivity index (χ3n) is 1.55. The van der Waals surface area contributed by atoms with E-state index in [2.05, 4.69) is 4.72 Å². The molecule has 0 aromatic rings. The Morgan fingerprint density at radius 2 is 2.08 bits per heavy atom. The lowest BCUT2D eigenvalue weighted by Gasteiger charge is -2.14. The topological polar surface area (TPSA) is 72.2 Å². The van der Waals surface area contributed by atoms with E-state index < -0.39 is 16.1 Å². The first-order valence-corrected chi connectivity index (χ1v) is 6.28. The van der Waals surface area contributed by atoms with Gasteiger partial charge in [-0.25, -0.2) is 13.1 Å². The van der Waals surface area contributed by atoms with E-state index in [0.717, 1.165) is 0 Å². The molecule has 4 nitrogen and oxygen atoms in total. The van der Waals surface area contributed by atoms with E-state index in [0.29, 0.717) is 12.8 Å². The van der Waals surface area contributed by atoms with Crippen molar-refractivity contribution in [1.29, 1.82) is 0 Å². The third-order valence-corrected chi connectivity index (χ3v) is 3.42. The highest BCUT2D eigenvalue weighted by Crippen LogP contribution is 1.97. The maximum absolute atomic E-state index is 11.3. The van der Waals surface area contributed by atoms with Gasteiger partial charge in [0.05, 0.1) is 16.8 Å². The summed E-state index contributed by atoms with van der Waals surface area (Å²) < 4.78 is 25.0. The lowest BCUT2D eigenvalue weighted by Crippen LogP contribution is -2.43. The van der Waals surface area contributed by atoms with Crippen LogP contribution in [0, 0.1) is 0 Å². The molecule has 0 aromatic carbocycles. The first kappa shape index (κ1) is 12.8. The van der Waals surface area contributed by atoms with Gasteiger partial charge in [0, 0.05) is 0 Å². The summed E-state index contributed by atoms with van der Waals surface area (Å²) in [5.74, 6) is 0.117. The predicted molar refractivity (Wildman–Crippen MR) is 58.1 cm³/mol. The molecule has 0 heterocycles. The zero-order chi connectivity index (χ0) is 10.5. The third kappa shape index (κ3) is 5.17. The van der Waals surface area contributed by atoms with E-state index in [1.165, 1.54) is 0 Å². The van der Waals surface area contributed by atoms with Crippen molar-refractivity contribution in [3.63, 3.8) is 0 Å². The molecule has 0 bridgehead atoms. The molecule has 0 radical (unpaired) electrons. The van der Waals surface area contributed by atoms with E-state index in [-0.39, 0.29) is 10.7 Å². The first-order valence-electron chi connectivity index (χ1n) is 4.22. The monoisotopic (exact) mass is 224 g/mol. The van der Waals surface area contributed by atoms with Gasteiger partial charge in [-0.05, 0) is 12.8 Å². The molecule has 0 fully saturated rings. The zero-order valence-corrected chi connectivity index (χ0v) is 9.54. The van der Waals surface area contributed by atoms with E-state index in [1.54, 1.807) is 6.92 Å². The van der Waals surface area contributed by atoms with Crippen LogP contribution in [0.25, 0.3) is 0 Å².